The summed E-state index contributed by atoms with van der Waals surface area (Å²) in [5, 5.41) is 1.26. The second-order valence-corrected chi connectivity index (χ2v) is 8.87. The Bertz CT molecular complexity index is 1790. The van der Waals surface area contributed by atoms with Gasteiger partial charge in [0.1, 0.15) is 16.7 Å². The van der Waals surface area contributed by atoms with Gasteiger partial charge in [-0.05, 0) is 42.8 Å². The van der Waals surface area contributed by atoms with Gasteiger partial charge in [-0.3, -0.25) is 13.9 Å². The van der Waals surface area contributed by atoms with Crippen molar-refractivity contribution >= 4 is 56.4 Å². The fourth-order valence-electron chi connectivity index (χ4n) is 4.25. The monoisotopic (exact) mass is 485 g/mol. The summed E-state index contributed by atoms with van der Waals surface area (Å²) in [6.07, 6.45) is 0. The maximum Gasteiger partial charge on any atom is 0.265 e. The predicted octanol–water partition coefficient (Wildman–Crippen LogP) is 5.95. The molecule has 3 aromatic heterocycles. The van der Waals surface area contributed by atoms with Crippen LogP contribution in [0.25, 0.3) is 38.9 Å². The molecule has 6 aromatic rings. The molecule has 0 aliphatic carbocycles. The molecule has 0 amide bonds. The lowest BCUT2D eigenvalue weighted by Crippen LogP contribution is -2.24. The van der Waals surface area contributed by atoms with Crippen molar-refractivity contribution in [1.82, 2.24) is 24.1 Å². The van der Waals surface area contributed by atoms with E-state index in [0.29, 0.717) is 55.8 Å². The van der Waals surface area contributed by atoms with Gasteiger partial charge in [0.25, 0.3) is 5.56 Å². The van der Waals surface area contributed by atoms with E-state index in [1.54, 1.807) is 16.7 Å². The topological polar surface area (TPSA) is 65.6 Å². The first-order chi connectivity index (χ1) is 16.5. The van der Waals surface area contributed by atoms with Crippen molar-refractivity contribution in [3.63, 3.8) is 0 Å². The van der Waals surface area contributed by atoms with Crippen molar-refractivity contribution in [2.45, 2.75) is 13.5 Å². The number of hydrogen-bond donors (Lipinski definition) is 0. The van der Waals surface area contributed by atoms with Gasteiger partial charge in [0, 0.05) is 0 Å². The zero-order chi connectivity index (χ0) is 23.4. The van der Waals surface area contributed by atoms with E-state index in [0.717, 1.165) is 11.1 Å². The molecule has 3 heterocycles. The molecular formula is C26H17Cl2N5O. The fraction of sp³-hybridized carbons (Fsp3) is 0.0769. The molecule has 0 atom stereocenters. The molecule has 0 bridgehead atoms. The zero-order valence-corrected chi connectivity index (χ0v) is 19.5. The molecule has 0 spiro atoms. The number of aromatic nitrogens is 5. The van der Waals surface area contributed by atoms with Crippen LogP contribution in [0, 0.1) is 6.92 Å². The zero-order valence-electron chi connectivity index (χ0n) is 18.0. The maximum atomic E-state index is 13.9. The summed E-state index contributed by atoms with van der Waals surface area (Å²) in [5.41, 5.74) is 4.49. The van der Waals surface area contributed by atoms with E-state index in [2.05, 4.69) is 0 Å². The third-order valence-electron chi connectivity index (χ3n) is 5.90. The summed E-state index contributed by atoms with van der Waals surface area (Å²) in [5.74, 6) is 0.593. The van der Waals surface area contributed by atoms with E-state index in [9.17, 15) is 4.79 Å². The Balaban J connectivity index is 1.74. The minimum atomic E-state index is -0.167. The van der Waals surface area contributed by atoms with Crippen LogP contribution < -0.4 is 5.56 Å². The van der Waals surface area contributed by atoms with Crippen LogP contribution in [0.3, 0.4) is 0 Å². The molecule has 3 aromatic carbocycles. The molecule has 0 aliphatic heterocycles. The predicted molar refractivity (Wildman–Crippen MR) is 136 cm³/mol. The number of nitrogens with zero attached hydrogens (tertiary/aromatic N) is 5. The summed E-state index contributed by atoms with van der Waals surface area (Å²) in [6, 6.07) is 22.7. The minimum absolute atomic E-state index is 0.167. The highest BCUT2D eigenvalue weighted by atomic mass is 35.5. The van der Waals surface area contributed by atoms with Gasteiger partial charge < -0.3 is 0 Å². The van der Waals surface area contributed by atoms with Gasteiger partial charge in [-0.1, -0.05) is 65.7 Å². The van der Waals surface area contributed by atoms with Crippen molar-refractivity contribution in [3.05, 3.63) is 105 Å². The molecule has 0 unspecified atom stereocenters. The fourth-order valence-corrected chi connectivity index (χ4v) is 4.54. The molecule has 6 nitrogen and oxygen atoms in total. The largest absolute Gasteiger partial charge is 0.292 e. The smallest absolute Gasteiger partial charge is 0.265 e. The molecule has 8 heteroatoms. The van der Waals surface area contributed by atoms with Crippen LogP contribution in [0.1, 0.15) is 11.4 Å². The third-order valence-corrected chi connectivity index (χ3v) is 6.64. The summed E-state index contributed by atoms with van der Waals surface area (Å²) in [7, 11) is 0. The number of para-hydroxylation sites is 2. The Morgan fingerprint density at radius 3 is 2.24 bits per heavy atom. The SMILES string of the molecule is Cc1nc2c(c(=O)n1Cc1ccccc1)c1nc3ccccc3nc1n2-c1ccc(Cl)c(Cl)c1. The summed E-state index contributed by atoms with van der Waals surface area (Å²) in [6.45, 7) is 2.24. The first-order valence-electron chi connectivity index (χ1n) is 10.7. The lowest BCUT2D eigenvalue weighted by atomic mass is 10.2. The van der Waals surface area contributed by atoms with E-state index < -0.39 is 0 Å². The molecule has 0 fully saturated rings. The Hall–Kier alpha value is -3.74. The molecule has 0 radical (unpaired) electrons. The number of hydrogen-bond acceptors (Lipinski definition) is 4. The van der Waals surface area contributed by atoms with Gasteiger partial charge >= 0.3 is 0 Å². The Kier molecular flexibility index (Phi) is 4.86. The summed E-state index contributed by atoms with van der Waals surface area (Å²) < 4.78 is 3.50. The van der Waals surface area contributed by atoms with Crippen molar-refractivity contribution in [1.29, 1.82) is 0 Å². The van der Waals surface area contributed by atoms with Crippen LogP contribution in [-0.4, -0.2) is 24.1 Å². The molecule has 166 valence electrons. The lowest BCUT2D eigenvalue weighted by Gasteiger charge is -2.11. The average molecular weight is 486 g/mol. The van der Waals surface area contributed by atoms with Crippen LogP contribution in [-0.2, 0) is 6.54 Å². The molecule has 6 rings (SSSR count). The van der Waals surface area contributed by atoms with E-state index in [4.69, 9.17) is 38.2 Å². The Morgan fingerprint density at radius 1 is 0.794 bits per heavy atom. The second-order valence-electron chi connectivity index (χ2n) is 8.05. The van der Waals surface area contributed by atoms with Crippen molar-refractivity contribution in [2.75, 3.05) is 0 Å². The van der Waals surface area contributed by atoms with Gasteiger partial charge in [-0.25, -0.2) is 15.0 Å². The number of fused-ring (bicyclic) bond motifs is 4. The highest BCUT2D eigenvalue weighted by molar-refractivity contribution is 6.42. The molecule has 0 saturated carbocycles. The van der Waals surface area contributed by atoms with Crippen molar-refractivity contribution in [2.24, 2.45) is 0 Å². The van der Waals surface area contributed by atoms with Crippen molar-refractivity contribution < 1.29 is 0 Å². The molecule has 0 N–H and O–H groups in total. The highest BCUT2D eigenvalue weighted by Gasteiger charge is 2.22. The van der Waals surface area contributed by atoms with E-state index in [1.165, 1.54) is 0 Å². The number of halogens is 2. The number of benzene rings is 3. The van der Waals surface area contributed by atoms with Gasteiger partial charge in [-0.2, -0.15) is 0 Å². The Morgan fingerprint density at radius 2 is 1.50 bits per heavy atom. The van der Waals surface area contributed by atoms with Gasteiger partial charge in [-0.15, -0.1) is 0 Å². The standard InChI is InChI=1S/C26H17Cl2N5O/c1-15-29-24-22(26(34)32(15)14-16-7-3-2-4-8-16)23-25(31-21-10-6-5-9-20(21)30-23)33(24)17-11-12-18(27)19(28)13-17/h2-13H,14H2,1H3. The second kappa shape index (κ2) is 7.94. The molecule has 34 heavy (non-hydrogen) atoms. The maximum absolute atomic E-state index is 13.9. The van der Waals surface area contributed by atoms with Crippen LogP contribution in [0.15, 0.2) is 77.6 Å². The van der Waals surface area contributed by atoms with Crippen LogP contribution >= 0.6 is 23.2 Å². The first kappa shape index (κ1) is 20.8. The molecular weight excluding hydrogens is 469 g/mol. The average Bonchev–Trinajstić information content (AvgIpc) is 3.15. The van der Waals surface area contributed by atoms with Crippen LogP contribution in [0.4, 0.5) is 0 Å². The van der Waals surface area contributed by atoms with E-state index >= 15 is 0 Å². The third kappa shape index (κ3) is 3.26. The van der Waals surface area contributed by atoms with Crippen LogP contribution in [0.2, 0.25) is 10.0 Å². The lowest BCUT2D eigenvalue weighted by molar-refractivity contribution is 0.711. The molecule has 0 saturated heterocycles. The van der Waals surface area contributed by atoms with Crippen molar-refractivity contribution in [3.8, 4) is 5.69 Å². The summed E-state index contributed by atoms with van der Waals surface area (Å²) in [4.78, 5) is 28.4. The number of rotatable bonds is 3. The number of aryl methyl sites for hydroxylation is 1. The first-order valence-corrected chi connectivity index (χ1v) is 11.4. The van der Waals surface area contributed by atoms with Gasteiger partial charge in [0.15, 0.2) is 11.3 Å². The summed E-state index contributed by atoms with van der Waals surface area (Å²) >= 11 is 12.5. The van der Waals surface area contributed by atoms with Crippen LogP contribution in [0.5, 0.6) is 0 Å². The minimum Gasteiger partial charge on any atom is -0.292 e. The normalized spacial score (nSPS) is 11.6. The Labute approximate surface area is 204 Å². The van der Waals surface area contributed by atoms with E-state index in [-0.39, 0.29) is 5.56 Å². The highest BCUT2D eigenvalue weighted by Crippen LogP contribution is 2.31. The van der Waals surface area contributed by atoms with E-state index in [1.807, 2.05) is 72.2 Å². The molecule has 0 aliphatic rings. The van der Waals surface area contributed by atoms with Gasteiger partial charge in [0.2, 0.25) is 0 Å². The van der Waals surface area contributed by atoms with Gasteiger partial charge in [0.05, 0.1) is 33.3 Å². The quantitative estimate of drug-likeness (QED) is 0.310.